The molecule has 8 nitrogen and oxygen atoms in total. The first-order valence-electron chi connectivity index (χ1n) is 8.96. The number of hydrogen-bond acceptors (Lipinski definition) is 7. The van der Waals surface area contributed by atoms with Crippen LogP contribution >= 0.6 is 0 Å². The zero-order chi connectivity index (χ0) is 19.7. The van der Waals surface area contributed by atoms with Gasteiger partial charge in [0.25, 0.3) is 0 Å². The zero-order valence-corrected chi connectivity index (χ0v) is 15.2. The lowest BCUT2D eigenvalue weighted by Gasteiger charge is -2.42. The van der Waals surface area contributed by atoms with Crippen molar-refractivity contribution >= 4 is 28.6 Å². The van der Waals surface area contributed by atoms with Crippen LogP contribution in [0.3, 0.4) is 0 Å². The number of benzene rings is 1. The molecule has 0 saturated heterocycles. The number of aliphatic hydroxyl groups excluding tert-OH is 2. The number of ketones is 1. The van der Waals surface area contributed by atoms with E-state index in [9.17, 15) is 10.0 Å². The second-order valence-electron chi connectivity index (χ2n) is 6.46. The third kappa shape index (κ3) is 6.69. The van der Waals surface area contributed by atoms with Gasteiger partial charge in [-0.15, -0.1) is 0 Å². The number of carbonyl (C=O) groups is 1. The number of aliphatic hydroxyl groups is 2. The van der Waals surface area contributed by atoms with Gasteiger partial charge in [-0.3, -0.25) is 4.79 Å². The van der Waals surface area contributed by atoms with E-state index in [0.717, 1.165) is 5.69 Å². The van der Waals surface area contributed by atoms with E-state index in [-0.39, 0.29) is 44.2 Å². The van der Waals surface area contributed by atoms with Gasteiger partial charge in [-0.05, 0) is 36.4 Å². The van der Waals surface area contributed by atoms with Crippen molar-refractivity contribution in [3.05, 3.63) is 41.6 Å². The maximum Gasteiger partial charge on any atom is 0.161 e. The van der Waals surface area contributed by atoms with Crippen LogP contribution in [0.4, 0.5) is 11.4 Å². The highest BCUT2D eigenvalue weighted by atomic mass is 16.5. The number of allylic oxidation sites excluding steroid dienone is 2. The quantitative estimate of drug-likeness (QED) is 0.280. The largest absolute Gasteiger partial charge is 0.633 e. The average molecular weight is 374 g/mol. The summed E-state index contributed by atoms with van der Waals surface area (Å²) in [5.74, 6) is -0.0859. The minimum Gasteiger partial charge on any atom is -0.633 e. The van der Waals surface area contributed by atoms with Gasteiger partial charge >= 0.3 is 0 Å². The SMILES string of the molecule is N=C1CC(=O)C=CC1=Nc1ccc(NCCC[N+]([O-])(CCO)CCO)cc1. The van der Waals surface area contributed by atoms with Gasteiger partial charge in [-0.1, -0.05) is 0 Å². The summed E-state index contributed by atoms with van der Waals surface area (Å²) >= 11 is 0. The molecule has 2 rings (SSSR count). The smallest absolute Gasteiger partial charge is 0.161 e. The Hall–Kier alpha value is -2.39. The molecule has 8 heteroatoms. The van der Waals surface area contributed by atoms with E-state index in [2.05, 4.69) is 10.3 Å². The van der Waals surface area contributed by atoms with E-state index < -0.39 is 4.65 Å². The molecule has 0 aliphatic heterocycles. The molecule has 0 radical (unpaired) electrons. The average Bonchev–Trinajstić information content (AvgIpc) is 2.63. The summed E-state index contributed by atoms with van der Waals surface area (Å²) in [6.07, 6.45) is 3.70. The van der Waals surface area contributed by atoms with E-state index in [1.165, 1.54) is 6.08 Å². The predicted octanol–water partition coefficient (Wildman–Crippen LogP) is 1.41. The Kier molecular flexibility index (Phi) is 7.81. The molecule has 0 saturated carbocycles. The van der Waals surface area contributed by atoms with Gasteiger partial charge in [0.05, 0.1) is 43.3 Å². The van der Waals surface area contributed by atoms with Gasteiger partial charge in [0, 0.05) is 18.7 Å². The van der Waals surface area contributed by atoms with E-state index in [1.807, 2.05) is 24.3 Å². The van der Waals surface area contributed by atoms with Crippen LogP contribution in [0, 0.1) is 10.6 Å². The van der Waals surface area contributed by atoms with Crippen molar-refractivity contribution in [2.45, 2.75) is 12.8 Å². The summed E-state index contributed by atoms with van der Waals surface area (Å²) in [5.41, 5.74) is 2.29. The molecular formula is C19H26N4O4. The summed E-state index contributed by atoms with van der Waals surface area (Å²) in [6.45, 7) is 0.716. The number of aliphatic imine (C=N–C) groups is 1. The summed E-state index contributed by atoms with van der Waals surface area (Å²) in [5, 5.41) is 41.3. The molecule has 1 aliphatic carbocycles. The maximum atomic E-state index is 12.3. The lowest BCUT2D eigenvalue weighted by atomic mass is 10.0. The molecule has 0 bridgehead atoms. The normalized spacial score (nSPS) is 16.2. The number of hydroxylamine groups is 3. The second-order valence-corrected chi connectivity index (χ2v) is 6.46. The summed E-state index contributed by atoms with van der Waals surface area (Å²) < 4.78 is -0.590. The van der Waals surface area contributed by atoms with Gasteiger partial charge in [0.1, 0.15) is 13.1 Å². The van der Waals surface area contributed by atoms with Crippen LogP contribution in [0.1, 0.15) is 12.8 Å². The molecule has 0 amide bonds. The van der Waals surface area contributed by atoms with Gasteiger partial charge in [-0.25, -0.2) is 4.99 Å². The number of nitrogens with zero attached hydrogens (tertiary/aromatic N) is 2. The third-order valence-corrected chi connectivity index (χ3v) is 4.29. The van der Waals surface area contributed by atoms with Gasteiger partial charge in [0.2, 0.25) is 0 Å². The number of hydrogen-bond donors (Lipinski definition) is 4. The first-order valence-corrected chi connectivity index (χ1v) is 8.96. The van der Waals surface area contributed by atoms with Crippen LogP contribution in [0.15, 0.2) is 41.4 Å². The highest BCUT2D eigenvalue weighted by molar-refractivity contribution is 6.50. The Balaban J connectivity index is 1.85. The fourth-order valence-corrected chi connectivity index (χ4v) is 2.79. The van der Waals surface area contributed by atoms with Crippen molar-refractivity contribution in [1.29, 1.82) is 5.41 Å². The molecule has 1 aromatic carbocycles. The molecule has 0 aromatic heterocycles. The molecule has 0 unspecified atom stereocenters. The van der Waals surface area contributed by atoms with Crippen molar-refractivity contribution in [1.82, 2.24) is 0 Å². The van der Waals surface area contributed by atoms with Crippen LogP contribution in [0.2, 0.25) is 0 Å². The standard InChI is InChI=1S/C19H26N4O4/c20-18-14-17(26)6-7-19(18)22-16-4-2-15(3-5-16)21-8-1-9-23(27,10-12-24)11-13-25/h2-7,20-21,24-25H,1,8-14H2. The van der Waals surface area contributed by atoms with Gasteiger partial charge in [-0.2, -0.15) is 0 Å². The van der Waals surface area contributed by atoms with Crippen LogP contribution in [-0.4, -0.2) is 71.5 Å². The van der Waals surface area contributed by atoms with Crippen LogP contribution in [0.5, 0.6) is 0 Å². The Labute approximate surface area is 158 Å². The maximum absolute atomic E-state index is 12.3. The molecule has 1 aromatic rings. The molecule has 1 aliphatic rings. The van der Waals surface area contributed by atoms with Crippen molar-refractivity contribution in [3.63, 3.8) is 0 Å². The fourth-order valence-electron chi connectivity index (χ4n) is 2.79. The minimum absolute atomic E-state index is 0.0846. The lowest BCUT2D eigenvalue weighted by molar-refractivity contribution is -0.881. The predicted molar refractivity (Wildman–Crippen MR) is 106 cm³/mol. The number of carbonyl (C=O) groups excluding carboxylic acids is 1. The molecular weight excluding hydrogens is 348 g/mol. The molecule has 146 valence electrons. The van der Waals surface area contributed by atoms with Gasteiger partial charge < -0.3 is 30.8 Å². The molecule has 0 atom stereocenters. The Morgan fingerprint density at radius 1 is 1.11 bits per heavy atom. The third-order valence-electron chi connectivity index (χ3n) is 4.29. The minimum atomic E-state index is -0.590. The van der Waals surface area contributed by atoms with Crippen molar-refractivity contribution < 1.29 is 19.7 Å². The Morgan fingerprint density at radius 3 is 2.37 bits per heavy atom. The van der Waals surface area contributed by atoms with Gasteiger partial charge in [0.15, 0.2) is 5.78 Å². The first kappa shape index (κ1) is 20.9. The number of rotatable bonds is 10. The van der Waals surface area contributed by atoms with Crippen molar-refractivity contribution in [2.24, 2.45) is 4.99 Å². The fraction of sp³-hybridized carbons (Fsp3) is 0.421. The first-order chi connectivity index (χ1) is 13.0. The molecule has 4 N–H and O–H groups in total. The zero-order valence-electron chi connectivity index (χ0n) is 15.2. The van der Waals surface area contributed by atoms with E-state index in [1.54, 1.807) is 6.08 Å². The lowest BCUT2D eigenvalue weighted by Crippen LogP contribution is -2.47. The number of nitrogens with one attached hydrogen (secondary N) is 2. The number of anilines is 1. The highest BCUT2D eigenvalue weighted by Gasteiger charge is 2.15. The Bertz CT molecular complexity index is 707. The monoisotopic (exact) mass is 374 g/mol. The summed E-state index contributed by atoms with van der Waals surface area (Å²) in [4.78, 5) is 15.6. The molecule has 0 fully saturated rings. The van der Waals surface area contributed by atoms with E-state index >= 15 is 0 Å². The van der Waals surface area contributed by atoms with Crippen LogP contribution < -0.4 is 5.32 Å². The van der Waals surface area contributed by atoms with E-state index in [0.29, 0.717) is 30.9 Å². The topological polar surface area (TPSA) is 129 Å². The highest BCUT2D eigenvalue weighted by Crippen LogP contribution is 2.18. The Morgan fingerprint density at radius 2 is 1.78 bits per heavy atom. The summed E-state index contributed by atoms with van der Waals surface area (Å²) in [6, 6.07) is 7.36. The molecule has 0 spiro atoms. The molecule has 0 heterocycles. The van der Waals surface area contributed by atoms with Crippen LogP contribution in [-0.2, 0) is 4.79 Å². The molecule has 27 heavy (non-hydrogen) atoms. The van der Waals surface area contributed by atoms with Crippen LogP contribution in [0.25, 0.3) is 0 Å². The summed E-state index contributed by atoms with van der Waals surface area (Å²) in [7, 11) is 0. The number of quaternary nitrogens is 1. The van der Waals surface area contributed by atoms with Crippen molar-refractivity contribution in [3.8, 4) is 0 Å². The van der Waals surface area contributed by atoms with Crippen molar-refractivity contribution in [2.75, 3.05) is 44.7 Å². The second kappa shape index (κ2) is 10.1. The van der Waals surface area contributed by atoms with E-state index in [4.69, 9.17) is 15.6 Å².